The molecular weight excluding hydrogens is 432 g/mol. The largest absolute Gasteiger partial charge is 0.494 e. The maximum atomic E-state index is 13.0. The van der Waals surface area contributed by atoms with Gasteiger partial charge in [-0.15, -0.1) is 0 Å². The molecule has 0 saturated carbocycles. The summed E-state index contributed by atoms with van der Waals surface area (Å²) < 4.78 is 5.15. The minimum absolute atomic E-state index is 0.0555. The second kappa shape index (κ2) is 10.8. The van der Waals surface area contributed by atoms with Gasteiger partial charge in [0.05, 0.1) is 29.5 Å². The number of carbonyl (C=O) groups excluding carboxylic acids is 2. The number of methoxy groups -OCH3 is 1. The Bertz CT molecular complexity index is 1030. The standard InChI is InChI=1S/C22H24N4O5S/c1-3-4-12-25-21(28)19(32-22(25)23-15-8-6-5-7-9-15)14-20(27)24-17-11-10-16(26(29)30)13-18(17)31-2/h5-11,13,19H,3-4,12,14H2,1-2H3,(H,24,27). The van der Waals surface area contributed by atoms with Gasteiger partial charge in [-0.3, -0.25) is 24.6 Å². The van der Waals surface area contributed by atoms with Gasteiger partial charge in [0.2, 0.25) is 11.8 Å². The fourth-order valence-electron chi connectivity index (χ4n) is 3.13. The van der Waals surface area contributed by atoms with E-state index in [1.807, 2.05) is 37.3 Å². The number of ether oxygens (including phenoxy) is 1. The first-order chi connectivity index (χ1) is 15.4. The third-order valence-electron chi connectivity index (χ3n) is 4.78. The number of aliphatic imine (C=N–C) groups is 1. The second-order valence-electron chi connectivity index (χ2n) is 7.07. The third kappa shape index (κ3) is 5.64. The maximum Gasteiger partial charge on any atom is 0.273 e. The number of hydrogen-bond acceptors (Lipinski definition) is 7. The van der Waals surface area contributed by atoms with Crippen LogP contribution in [0.25, 0.3) is 0 Å². The summed E-state index contributed by atoms with van der Waals surface area (Å²) in [7, 11) is 1.36. The van der Waals surface area contributed by atoms with Gasteiger partial charge in [-0.25, -0.2) is 4.99 Å². The molecule has 32 heavy (non-hydrogen) atoms. The molecule has 0 radical (unpaired) electrons. The lowest BCUT2D eigenvalue weighted by atomic mass is 10.2. The molecule has 3 rings (SSSR count). The van der Waals surface area contributed by atoms with Crippen LogP contribution in [0.15, 0.2) is 53.5 Å². The zero-order valence-corrected chi connectivity index (χ0v) is 18.6. The van der Waals surface area contributed by atoms with Crippen LogP contribution < -0.4 is 10.1 Å². The first-order valence-corrected chi connectivity index (χ1v) is 11.0. The van der Waals surface area contributed by atoms with E-state index in [0.29, 0.717) is 17.4 Å². The van der Waals surface area contributed by atoms with Crippen LogP contribution in [0.1, 0.15) is 26.2 Å². The molecule has 1 N–H and O–H groups in total. The molecule has 1 atom stereocenters. The van der Waals surface area contributed by atoms with Gasteiger partial charge in [0.1, 0.15) is 11.0 Å². The summed E-state index contributed by atoms with van der Waals surface area (Å²) in [4.78, 5) is 42.3. The maximum absolute atomic E-state index is 13.0. The summed E-state index contributed by atoms with van der Waals surface area (Å²) in [5.41, 5.74) is 0.902. The topological polar surface area (TPSA) is 114 Å². The minimum Gasteiger partial charge on any atom is -0.494 e. The molecule has 1 aliphatic rings. The number of carbonyl (C=O) groups is 2. The summed E-state index contributed by atoms with van der Waals surface area (Å²) in [6.07, 6.45) is 1.71. The van der Waals surface area contributed by atoms with Gasteiger partial charge in [0.25, 0.3) is 5.69 Å². The lowest BCUT2D eigenvalue weighted by Crippen LogP contribution is -2.34. The number of amides is 2. The Balaban J connectivity index is 1.73. The van der Waals surface area contributed by atoms with Crippen molar-refractivity contribution in [2.45, 2.75) is 31.4 Å². The van der Waals surface area contributed by atoms with Gasteiger partial charge in [-0.2, -0.15) is 0 Å². The SMILES string of the molecule is CCCCN1C(=O)C(CC(=O)Nc2ccc([N+](=O)[O-])cc2OC)SC1=Nc1ccccc1. The number of para-hydroxylation sites is 1. The van der Waals surface area contributed by atoms with Crippen LogP contribution in [-0.4, -0.2) is 45.7 Å². The number of anilines is 1. The molecule has 2 aromatic rings. The number of non-ortho nitro benzene ring substituents is 1. The Morgan fingerprint density at radius 1 is 1.28 bits per heavy atom. The minimum atomic E-state index is -0.599. The van der Waals surface area contributed by atoms with Crippen LogP contribution in [0.2, 0.25) is 0 Å². The monoisotopic (exact) mass is 456 g/mol. The molecule has 1 unspecified atom stereocenters. The summed E-state index contributed by atoms with van der Waals surface area (Å²) in [5, 5.41) is 13.6. The number of nitrogens with one attached hydrogen (secondary N) is 1. The van der Waals surface area contributed by atoms with E-state index in [0.717, 1.165) is 18.5 Å². The number of nitrogens with zero attached hydrogens (tertiary/aromatic N) is 3. The number of nitro benzene ring substituents is 1. The van der Waals surface area contributed by atoms with Crippen molar-refractivity contribution in [3.8, 4) is 5.75 Å². The molecule has 9 nitrogen and oxygen atoms in total. The van der Waals surface area contributed by atoms with Crippen LogP contribution >= 0.6 is 11.8 Å². The normalized spacial score (nSPS) is 16.9. The number of nitro groups is 1. The number of rotatable bonds is 9. The molecule has 0 aliphatic carbocycles. The van der Waals surface area contributed by atoms with E-state index < -0.39 is 10.2 Å². The van der Waals surface area contributed by atoms with E-state index in [4.69, 9.17) is 4.74 Å². The second-order valence-corrected chi connectivity index (χ2v) is 8.24. The van der Waals surface area contributed by atoms with Crippen LogP contribution in [0.3, 0.4) is 0 Å². The smallest absolute Gasteiger partial charge is 0.273 e. The Morgan fingerprint density at radius 2 is 2.03 bits per heavy atom. The first-order valence-electron chi connectivity index (χ1n) is 10.2. The highest BCUT2D eigenvalue weighted by Gasteiger charge is 2.38. The van der Waals surface area contributed by atoms with E-state index in [9.17, 15) is 19.7 Å². The Kier molecular flexibility index (Phi) is 7.82. The highest BCUT2D eigenvalue weighted by molar-refractivity contribution is 8.15. The highest BCUT2D eigenvalue weighted by atomic mass is 32.2. The van der Waals surface area contributed by atoms with E-state index in [2.05, 4.69) is 10.3 Å². The molecule has 1 fully saturated rings. The van der Waals surface area contributed by atoms with Crippen LogP contribution in [-0.2, 0) is 9.59 Å². The predicted molar refractivity (Wildman–Crippen MR) is 124 cm³/mol. The number of benzene rings is 2. The molecule has 2 aromatic carbocycles. The first kappa shape index (κ1) is 23.3. The average Bonchev–Trinajstić information content (AvgIpc) is 3.06. The van der Waals surface area contributed by atoms with Crippen molar-refractivity contribution in [2.24, 2.45) is 4.99 Å². The molecule has 0 spiro atoms. The number of thioether (sulfide) groups is 1. The molecule has 2 amide bonds. The van der Waals surface area contributed by atoms with Gasteiger partial charge < -0.3 is 10.1 Å². The lowest BCUT2D eigenvalue weighted by molar-refractivity contribution is -0.384. The van der Waals surface area contributed by atoms with Crippen molar-refractivity contribution in [1.29, 1.82) is 0 Å². The zero-order valence-electron chi connectivity index (χ0n) is 17.8. The number of hydrogen-bond donors (Lipinski definition) is 1. The predicted octanol–water partition coefficient (Wildman–Crippen LogP) is 4.36. The van der Waals surface area contributed by atoms with Gasteiger partial charge in [-0.1, -0.05) is 43.3 Å². The quantitative estimate of drug-likeness (QED) is 0.443. The van der Waals surface area contributed by atoms with Gasteiger partial charge >= 0.3 is 0 Å². The van der Waals surface area contributed by atoms with Crippen LogP contribution in [0.4, 0.5) is 17.1 Å². The third-order valence-corrected chi connectivity index (χ3v) is 5.95. The average molecular weight is 457 g/mol. The Labute approximate surface area is 190 Å². The van der Waals surface area contributed by atoms with Crippen molar-refractivity contribution >= 4 is 45.8 Å². The van der Waals surface area contributed by atoms with E-state index in [-0.39, 0.29) is 29.7 Å². The number of unbranched alkanes of at least 4 members (excludes halogenated alkanes) is 1. The Morgan fingerprint density at radius 3 is 2.69 bits per heavy atom. The Hall–Kier alpha value is -3.40. The van der Waals surface area contributed by atoms with Crippen molar-refractivity contribution in [2.75, 3.05) is 19.0 Å². The summed E-state index contributed by atoms with van der Waals surface area (Å²) in [6.45, 7) is 2.59. The molecule has 1 heterocycles. The van der Waals surface area contributed by atoms with Gasteiger partial charge in [0, 0.05) is 19.0 Å². The van der Waals surface area contributed by atoms with E-state index >= 15 is 0 Å². The van der Waals surface area contributed by atoms with Gasteiger partial charge in [-0.05, 0) is 24.6 Å². The fourth-order valence-corrected chi connectivity index (χ4v) is 4.31. The molecule has 1 saturated heterocycles. The van der Waals surface area contributed by atoms with Crippen molar-refractivity contribution in [3.63, 3.8) is 0 Å². The van der Waals surface area contributed by atoms with Crippen molar-refractivity contribution in [1.82, 2.24) is 4.90 Å². The molecular formula is C22H24N4O5S. The summed E-state index contributed by atoms with van der Waals surface area (Å²) in [6, 6.07) is 13.3. The van der Waals surface area contributed by atoms with Crippen LogP contribution in [0.5, 0.6) is 5.75 Å². The van der Waals surface area contributed by atoms with Crippen LogP contribution in [0, 0.1) is 10.1 Å². The molecule has 0 bridgehead atoms. The van der Waals surface area contributed by atoms with Crippen molar-refractivity contribution in [3.05, 3.63) is 58.6 Å². The highest BCUT2D eigenvalue weighted by Crippen LogP contribution is 2.33. The summed E-state index contributed by atoms with van der Waals surface area (Å²) in [5.74, 6) is -0.364. The van der Waals surface area contributed by atoms with E-state index in [1.54, 1.807) is 4.90 Å². The van der Waals surface area contributed by atoms with Crippen molar-refractivity contribution < 1.29 is 19.2 Å². The summed E-state index contributed by atoms with van der Waals surface area (Å²) >= 11 is 1.27. The fraction of sp³-hybridized carbons (Fsp3) is 0.318. The molecule has 10 heteroatoms. The molecule has 168 valence electrons. The van der Waals surface area contributed by atoms with Gasteiger partial charge in [0.15, 0.2) is 5.17 Å². The number of amidine groups is 1. The molecule has 0 aromatic heterocycles. The zero-order chi connectivity index (χ0) is 23.1. The molecule has 1 aliphatic heterocycles. The van der Waals surface area contributed by atoms with E-state index in [1.165, 1.54) is 37.1 Å². The lowest BCUT2D eigenvalue weighted by Gasteiger charge is -2.16.